The first kappa shape index (κ1) is 20.0. The highest BCUT2D eigenvalue weighted by Gasteiger charge is 2.29. The fourth-order valence-electron chi connectivity index (χ4n) is 3.31. The summed E-state index contributed by atoms with van der Waals surface area (Å²) in [6.45, 7) is 6.15. The van der Waals surface area contributed by atoms with Crippen molar-refractivity contribution in [2.45, 2.75) is 25.2 Å². The average Bonchev–Trinajstić information content (AvgIpc) is 3.19. The van der Waals surface area contributed by atoms with E-state index in [2.05, 4.69) is 45.4 Å². The van der Waals surface area contributed by atoms with Gasteiger partial charge in [-0.2, -0.15) is 8.68 Å². The highest BCUT2D eigenvalue weighted by atomic mass is 32.2. The summed E-state index contributed by atoms with van der Waals surface area (Å²) < 4.78 is 31.8. The van der Waals surface area contributed by atoms with Crippen molar-refractivity contribution in [2.24, 2.45) is 0 Å². The van der Waals surface area contributed by atoms with Gasteiger partial charge in [-0.15, -0.1) is 0 Å². The Morgan fingerprint density at radius 1 is 0.897 bits per heavy atom. The summed E-state index contributed by atoms with van der Waals surface area (Å²) in [7, 11) is -3.45. The molecule has 8 heteroatoms. The van der Waals surface area contributed by atoms with Crippen LogP contribution < -0.4 is 4.90 Å². The summed E-state index contributed by atoms with van der Waals surface area (Å²) in [6, 6.07) is 15.4. The maximum absolute atomic E-state index is 12.9. The quantitative estimate of drug-likeness (QED) is 0.624. The lowest BCUT2D eigenvalue weighted by Crippen LogP contribution is -2.48. The Morgan fingerprint density at radius 2 is 1.48 bits per heavy atom. The Kier molecular flexibility index (Phi) is 5.67. The van der Waals surface area contributed by atoms with Crippen LogP contribution in [0.2, 0.25) is 0 Å². The Hall–Kier alpha value is -2.29. The van der Waals surface area contributed by atoms with Crippen molar-refractivity contribution in [1.82, 2.24) is 13.7 Å². The van der Waals surface area contributed by atoms with Gasteiger partial charge in [0.1, 0.15) is 5.82 Å². The molecule has 1 fully saturated rings. The Morgan fingerprint density at radius 3 is 2.10 bits per heavy atom. The van der Waals surface area contributed by atoms with Crippen LogP contribution in [0.1, 0.15) is 22.5 Å². The van der Waals surface area contributed by atoms with Crippen LogP contribution in [-0.4, -0.2) is 48.3 Å². The third-order valence-electron chi connectivity index (χ3n) is 5.11. The number of nitrogens with zero attached hydrogens (tertiary/aromatic N) is 4. The third-order valence-corrected chi connectivity index (χ3v) is 7.84. The molecule has 4 rings (SSSR count). The van der Waals surface area contributed by atoms with Crippen LogP contribution >= 0.6 is 11.5 Å². The normalized spacial score (nSPS) is 15.6. The second kappa shape index (κ2) is 8.22. The van der Waals surface area contributed by atoms with Crippen LogP contribution in [-0.2, 0) is 16.4 Å². The van der Waals surface area contributed by atoms with Crippen molar-refractivity contribution in [2.75, 3.05) is 31.1 Å². The van der Waals surface area contributed by atoms with Gasteiger partial charge in [0.25, 0.3) is 0 Å². The molecule has 2 heterocycles. The number of rotatable bonds is 5. The van der Waals surface area contributed by atoms with Gasteiger partial charge < -0.3 is 4.90 Å². The van der Waals surface area contributed by atoms with Crippen LogP contribution in [0, 0.1) is 13.8 Å². The van der Waals surface area contributed by atoms with E-state index in [1.807, 2.05) is 19.1 Å². The Balaban J connectivity index is 1.39. The van der Waals surface area contributed by atoms with Crippen molar-refractivity contribution < 1.29 is 8.42 Å². The molecular weight excluding hydrogens is 404 g/mol. The van der Waals surface area contributed by atoms with Crippen LogP contribution in [0.15, 0.2) is 53.4 Å². The lowest BCUT2D eigenvalue weighted by atomic mass is 10.1. The van der Waals surface area contributed by atoms with Gasteiger partial charge in [-0.1, -0.05) is 47.5 Å². The van der Waals surface area contributed by atoms with Crippen molar-refractivity contribution >= 4 is 26.7 Å². The van der Waals surface area contributed by atoms with E-state index in [-0.39, 0.29) is 0 Å². The van der Waals surface area contributed by atoms with Gasteiger partial charge >= 0.3 is 0 Å². The van der Waals surface area contributed by atoms with Gasteiger partial charge in [0, 0.05) is 44.1 Å². The van der Waals surface area contributed by atoms with Crippen LogP contribution in [0.3, 0.4) is 0 Å². The molecule has 0 radical (unpaired) electrons. The minimum absolute atomic E-state index is 0.354. The van der Waals surface area contributed by atoms with Crippen molar-refractivity contribution in [3.05, 3.63) is 71.0 Å². The molecule has 1 aliphatic rings. The number of piperazine rings is 1. The van der Waals surface area contributed by atoms with Crippen molar-refractivity contribution in [3.8, 4) is 0 Å². The highest BCUT2D eigenvalue weighted by molar-refractivity contribution is 7.89. The molecule has 1 aliphatic heterocycles. The number of sulfonamides is 1. The fourth-order valence-corrected chi connectivity index (χ4v) is 5.47. The number of anilines is 1. The van der Waals surface area contributed by atoms with Crippen LogP contribution in [0.5, 0.6) is 0 Å². The average molecular weight is 429 g/mol. The molecule has 1 saturated heterocycles. The minimum Gasteiger partial charge on any atom is -0.344 e. The highest BCUT2D eigenvalue weighted by Crippen LogP contribution is 2.23. The molecule has 2 aromatic carbocycles. The van der Waals surface area contributed by atoms with E-state index in [0.29, 0.717) is 37.5 Å². The van der Waals surface area contributed by atoms with Gasteiger partial charge in [-0.05, 0) is 31.5 Å². The maximum Gasteiger partial charge on any atom is 0.243 e. The second-order valence-electron chi connectivity index (χ2n) is 7.36. The van der Waals surface area contributed by atoms with E-state index in [1.165, 1.54) is 22.7 Å². The summed E-state index contributed by atoms with van der Waals surface area (Å²) in [5, 5.41) is 0.861. The summed E-state index contributed by atoms with van der Waals surface area (Å²) in [5.41, 5.74) is 3.47. The second-order valence-corrected chi connectivity index (χ2v) is 10.0. The standard InChI is InChI=1S/C21H24N4O2S2/c1-16-3-7-18(8-4-16)15-20-22-21(28-23-20)24-11-13-25(14-12-24)29(26,27)19-9-5-17(2)6-10-19/h3-10H,11-15H2,1-2H3. The molecule has 0 spiro atoms. The lowest BCUT2D eigenvalue weighted by Gasteiger charge is -2.33. The van der Waals surface area contributed by atoms with E-state index in [4.69, 9.17) is 0 Å². The number of benzene rings is 2. The molecule has 0 saturated carbocycles. The summed E-state index contributed by atoms with van der Waals surface area (Å²) in [5.74, 6) is 0.809. The Labute approximate surface area is 176 Å². The zero-order chi connectivity index (χ0) is 20.4. The molecule has 0 N–H and O–H groups in total. The van der Waals surface area contributed by atoms with E-state index < -0.39 is 10.0 Å². The molecule has 3 aromatic rings. The first-order chi connectivity index (χ1) is 13.9. The van der Waals surface area contributed by atoms with E-state index in [1.54, 1.807) is 16.4 Å². The molecule has 1 aromatic heterocycles. The summed E-state index contributed by atoms with van der Waals surface area (Å²) >= 11 is 1.38. The smallest absolute Gasteiger partial charge is 0.243 e. The van der Waals surface area contributed by atoms with Crippen LogP contribution in [0.25, 0.3) is 0 Å². The molecule has 6 nitrogen and oxygen atoms in total. The molecule has 0 atom stereocenters. The number of aryl methyl sites for hydroxylation is 2. The molecule has 0 unspecified atom stereocenters. The van der Waals surface area contributed by atoms with Gasteiger partial charge in [0.15, 0.2) is 0 Å². The predicted molar refractivity (Wildman–Crippen MR) is 116 cm³/mol. The number of hydrogen-bond donors (Lipinski definition) is 0. The number of hydrogen-bond acceptors (Lipinski definition) is 6. The molecule has 29 heavy (non-hydrogen) atoms. The van der Waals surface area contributed by atoms with Gasteiger partial charge in [0.2, 0.25) is 15.2 Å². The summed E-state index contributed by atoms with van der Waals surface area (Å²) in [4.78, 5) is 7.15. The largest absolute Gasteiger partial charge is 0.344 e. The zero-order valence-electron chi connectivity index (χ0n) is 16.6. The van der Waals surface area contributed by atoms with Crippen molar-refractivity contribution in [3.63, 3.8) is 0 Å². The molecular formula is C21H24N4O2S2. The van der Waals surface area contributed by atoms with Gasteiger partial charge in [-0.3, -0.25) is 0 Å². The van der Waals surface area contributed by atoms with Crippen LogP contribution in [0.4, 0.5) is 5.13 Å². The minimum atomic E-state index is -3.45. The SMILES string of the molecule is Cc1ccc(Cc2nsc(N3CCN(S(=O)(=O)c4ccc(C)cc4)CC3)n2)cc1. The lowest BCUT2D eigenvalue weighted by molar-refractivity contribution is 0.384. The molecule has 0 bridgehead atoms. The number of aromatic nitrogens is 2. The van der Waals surface area contributed by atoms with E-state index in [9.17, 15) is 8.42 Å². The molecule has 152 valence electrons. The van der Waals surface area contributed by atoms with Gasteiger partial charge in [-0.25, -0.2) is 13.4 Å². The first-order valence-electron chi connectivity index (χ1n) is 9.62. The maximum atomic E-state index is 12.9. The summed E-state index contributed by atoms with van der Waals surface area (Å²) in [6.07, 6.45) is 0.707. The third kappa shape index (κ3) is 4.49. The molecule has 0 amide bonds. The van der Waals surface area contributed by atoms with Gasteiger partial charge in [0.05, 0.1) is 4.90 Å². The van der Waals surface area contributed by atoms with Crippen molar-refractivity contribution in [1.29, 1.82) is 0 Å². The van der Waals surface area contributed by atoms with E-state index >= 15 is 0 Å². The Bertz CT molecular complexity index is 1070. The topological polar surface area (TPSA) is 66.4 Å². The predicted octanol–water partition coefficient (Wildman–Crippen LogP) is 3.26. The zero-order valence-corrected chi connectivity index (χ0v) is 18.2. The fraction of sp³-hybridized carbons (Fsp3) is 0.333. The first-order valence-corrected chi connectivity index (χ1v) is 11.8. The monoisotopic (exact) mass is 428 g/mol. The molecule has 0 aliphatic carbocycles. The van der Waals surface area contributed by atoms with E-state index in [0.717, 1.165) is 16.5 Å².